The lowest BCUT2D eigenvalue weighted by atomic mass is 9.96. The number of anilines is 2. The number of carbonyl (C=O) groups excluding carboxylic acids is 1. The zero-order valence-corrected chi connectivity index (χ0v) is 21.4. The highest BCUT2D eigenvalue weighted by molar-refractivity contribution is 7.13. The Hall–Kier alpha value is -4.10. The largest absolute Gasteiger partial charge is 0.438 e. The van der Waals surface area contributed by atoms with Crippen LogP contribution >= 0.6 is 11.3 Å². The molecule has 39 heavy (non-hydrogen) atoms. The highest BCUT2D eigenvalue weighted by Gasteiger charge is 2.41. The van der Waals surface area contributed by atoms with Crippen molar-refractivity contribution in [3.05, 3.63) is 71.6 Å². The van der Waals surface area contributed by atoms with Crippen molar-refractivity contribution in [2.45, 2.75) is 19.0 Å². The van der Waals surface area contributed by atoms with Gasteiger partial charge in [-0.3, -0.25) is 4.79 Å². The van der Waals surface area contributed by atoms with Crippen molar-refractivity contribution in [2.24, 2.45) is 11.7 Å². The number of nitrogens with one attached hydrogen (secondary N) is 1. The Bertz CT molecular complexity index is 1430. The molecule has 202 valence electrons. The summed E-state index contributed by atoms with van der Waals surface area (Å²) in [4.78, 5) is 23.2. The Morgan fingerprint density at radius 2 is 2.05 bits per heavy atom. The van der Waals surface area contributed by atoms with Gasteiger partial charge in [0.15, 0.2) is 0 Å². The Kier molecular flexibility index (Phi) is 7.70. The molecule has 13 heteroatoms. The van der Waals surface area contributed by atoms with Gasteiger partial charge in [-0.05, 0) is 49.6 Å². The molecule has 0 saturated carbocycles. The van der Waals surface area contributed by atoms with Crippen molar-refractivity contribution in [3.63, 3.8) is 0 Å². The molecule has 1 aromatic carbocycles. The second-order valence-electron chi connectivity index (χ2n) is 8.92. The first-order valence-electron chi connectivity index (χ1n) is 12.2. The number of piperidine rings is 1. The lowest BCUT2D eigenvalue weighted by Gasteiger charge is -2.37. The van der Waals surface area contributed by atoms with Crippen LogP contribution in [0.4, 0.5) is 24.5 Å². The average molecular weight is 556 g/mol. The third-order valence-corrected chi connectivity index (χ3v) is 7.15. The minimum atomic E-state index is -4.79. The van der Waals surface area contributed by atoms with Crippen LogP contribution in [-0.4, -0.2) is 45.7 Å². The Balaban J connectivity index is 1.55. The van der Waals surface area contributed by atoms with Crippen molar-refractivity contribution >= 4 is 28.6 Å². The van der Waals surface area contributed by atoms with Crippen LogP contribution in [-0.2, 0) is 6.18 Å². The zero-order chi connectivity index (χ0) is 27.4. The van der Waals surface area contributed by atoms with Gasteiger partial charge in [0.25, 0.3) is 5.91 Å². The minimum absolute atomic E-state index is 0.00139. The van der Waals surface area contributed by atoms with Crippen LogP contribution in [0.25, 0.3) is 10.6 Å². The van der Waals surface area contributed by atoms with Crippen molar-refractivity contribution in [1.82, 2.24) is 20.2 Å². The smallest absolute Gasteiger partial charge is 0.422 e. The summed E-state index contributed by atoms with van der Waals surface area (Å²) in [5.41, 5.74) is 5.45. The SMILES string of the molecule is NC[C@@H]1CCCN(c2c(NC(=O)c3csc(-c4ccnnc4)n3)ccc(Oc3ccccn3)c2C(F)(F)F)C1. The number of rotatable bonds is 7. The first-order chi connectivity index (χ1) is 18.8. The molecule has 1 aliphatic rings. The van der Waals surface area contributed by atoms with Crippen LogP contribution in [0.2, 0.25) is 0 Å². The van der Waals surface area contributed by atoms with Crippen LogP contribution in [0.15, 0.2) is 60.4 Å². The molecule has 0 aliphatic carbocycles. The van der Waals surface area contributed by atoms with Crippen LogP contribution in [0.5, 0.6) is 11.6 Å². The molecule has 1 atom stereocenters. The summed E-state index contributed by atoms with van der Waals surface area (Å²) in [6.45, 7) is 1.02. The van der Waals surface area contributed by atoms with Crippen LogP contribution < -0.4 is 20.7 Å². The maximum absolute atomic E-state index is 14.7. The number of nitrogens with two attached hydrogens (primary N) is 1. The number of pyridine rings is 1. The second-order valence-corrected chi connectivity index (χ2v) is 9.77. The predicted octanol–water partition coefficient (Wildman–Crippen LogP) is 5.23. The molecule has 0 spiro atoms. The molecule has 0 unspecified atom stereocenters. The van der Waals surface area contributed by atoms with E-state index in [1.165, 1.54) is 48.1 Å². The molecule has 1 aliphatic heterocycles. The van der Waals surface area contributed by atoms with E-state index in [9.17, 15) is 18.0 Å². The Morgan fingerprint density at radius 3 is 2.77 bits per heavy atom. The minimum Gasteiger partial charge on any atom is -0.438 e. The Labute approximate surface area is 225 Å². The Morgan fingerprint density at radius 1 is 1.18 bits per heavy atom. The van der Waals surface area contributed by atoms with Crippen molar-refractivity contribution in [1.29, 1.82) is 0 Å². The number of halogens is 3. The maximum atomic E-state index is 14.7. The summed E-state index contributed by atoms with van der Waals surface area (Å²) in [6.07, 6.45) is 1.12. The lowest BCUT2D eigenvalue weighted by Crippen LogP contribution is -2.40. The van der Waals surface area contributed by atoms with Gasteiger partial charge in [0, 0.05) is 36.3 Å². The molecule has 5 rings (SSSR count). The number of alkyl halides is 3. The van der Waals surface area contributed by atoms with Gasteiger partial charge in [0.2, 0.25) is 5.88 Å². The fraction of sp³-hybridized carbons (Fsp3) is 0.269. The molecule has 3 aromatic heterocycles. The third kappa shape index (κ3) is 5.99. The van der Waals surface area contributed by atoms with Crippen LogP contribution in [0.1, 0.15) is 28.9 Å². The number of ether oxygens (including phenoxy) is 1. The topological polar surface area (TPSA) is 119 Å². The normalized spacial score (nSPS) is 15.7. The zero-order valence-electron chi connectivity index (χ0n) is 20.6. The molecule has 0 bridgehead atoms. The summed E-state index contributed by atoms with van der Waals surface area (Å²) in [5, 5.41) is 12.3. The van der Waals surface area contributed by atoms with Crippen LogP contribution in [0.3, 0.4) is 0 Å². The van der Waals surface area contributed by atoms with Gasteiger partial charge in [-0.2, -0.15) is 23.4 Å². The third-order valence-electron chi connectivity index (χ3n) is 6.26. The van der Waals surface area contributed by atoms with Crippen molar-refractivity contribution in [3.8, 4) is 22.2 Å². The summed E-state index contributed by atoms with van der Waals surface area (Å²) in [7, 11) is 0. The van der Waals surface area contributed by atoms with Crippen molar-refractivity contribution < 1.29 is 22.7 Å². The highest BCUT2D eigenvalue weighted by Crippen LogP contribution is 2.48. The van der Waals surface area contributed by atoms with Gasteiger partial charge in [-0.1, -0.05) is 6.07 Å². The molecule has 9 nitrogen and oxygen atoms in total. The van der Waals surface area contributed by atoms with E-state index in [1.807, 2.05) is 0 Å². The monoisotopic (exact) mass is 555 g/mol. The number of hydrogen-bond acceptors (Lipinski definition) is 9. The summed E-state index contributed by atoms with van der Waals surface area (Å²) < 4.78 is 49.7. The molecule has 1 amide bonds. The number of thiazole rings is 1. The van der Waals surface area contributed by atoms with Gasteiger partial charge in [-0.15, -0.1) is 11.3 Å². The van der Waals surface area contributed by atoms with Gasteiger partial charge in [0.05, 0.1) is 23.8 Å². The van der Waals surface area contributed by atoms with Gasteiger partial charge in [-0.25, -0.2) is 9.97 Å². The number of amides is 1. The summed E-state index contributed by atoms with van der Waals surface area (Å²) >= 11 is 1.22. The summed E-state index contributed by atoms with van der Waals surface area (Å²) in [6, 6.07) is 9.02. The second kappa shape index (κ2) is 11.3. The maximum Gasteiger partial charge on any atom is 0.422 e. The number of carbonyl (C=O) groups is 1. The van der Waals surface area contributed by atoms with E-state index in [4.69, 9.17) is 10.5 Å². The first kappa shape index (κ1) is 26.5. The average Bonchev–Trinajstić information content (AvgIpc) is 3.45. The van der Waals surface area contributed by atoms with E-state index in [2.05, 4.69) is 25.5 Å². The fourth-order valence-corrected chi connectivity index (χ4v) is 5.25. The van der Waals surface area contributed by atoms with E-state index >= 15 is 0 Å². The van der Waals surface area contributed by atoms with Gasteiger partial charge >= 0.3 is 6.18 Å². The lowest BCUT2D eigenvalue weighted by molar-refractivity contribution is -0.138. The quantitative estimate of drug-likeness (QED) is 0.318. The van der Waals surface area contributed by atoms with E-state index < -0.39 is 23.4 Å². The number of aromatic nitrogens is 4. The molecular formula is C26H24F3N7O2S. The number of benzene rings is 1. The molecular weight excluding hydrogens is 531 g/mol. The van der Waals surface area contributed by atoms with E-state index in [0.717, 1.165) is 6.42 Å². The van der Waals surface area contributed by atoms with Crippen molar-refractivity contribution in [2.75, 3.05) is 29.9 Å². The van der Waals surface area contributed by atoms with Gasteiger partial charge in [0.1, 0.15) is 22.0 Å². The van der Waals surface area contributed by atoms with Crippen LogP contribution in [0, 0.1) is 5.92 Å². The molecule has 3 N–H and O–H groups in total. The van der Waals surface area contributed by atoms with E-state index in [1.54, 1.807) is 28.5 Å². The molecule has 1 fully saturated rings. The van der Waals surface area contributed by atoms with E-state index in [-0.39, 0.29) is 28.9 Å². The molecule has 1 saturated heterocycles. The standard InChI is InChI=1S/C26H24F3N7O2S/c27-26(28,29)22-20(38-21-5-1-2-9-31-21)7-6-18(23(22)36-11-3-4-16(12-30)14-36)34-24(37)19-15-39-25(35-19)17-8-10-32-33-13-17/h1-2,5-10,13,15-16H,3-4,11-12,14,30H2,(H,34,37)/t16-/m0/s1. The fourth-order valence-electron chi connectivity index (χ4n) is 4.46. The molecule has 4 heterocycles. The van der Waals surface area contributed by atoms with Gasteiger partial charge < -0.3 is 20.7 Å². The first-order valence-corrected chi connectivity index (χ1v) is 13.0. The predicted molar refractivity (Wildman–Crippen MR) is 141 cm³/mol. The highest BCUT2D eigenvalue weighted by atomic mass is 32.1. The molecule has 4 aromatic rings. The summed E-state index contributed by atoms with van der Waals surface area (Å²) in [5.74, 6) is -1.02. The van der Waals surface area contributed by atoms with E-state index in [0.29, 0.717) is 36.6 Å². The number of nitrogens with zero attached hydrogens (tertiary/aromatic N) is 5. The number of hydrogen-bond donors (Lipinski definition) is 2. The molecule has 0 radical (unpaired) electrons.